The van der Waals surface area contributed by atoms with Gasteiger partial charge < -0.3 is 10.2 Å². The molecule has 0 amide bonds. The fourth-order valence-electron chi connectivity index (χ4n) is 3.27. The lowest BCUT2D eigenvalue weighted by Crippen LogP contribution is -2.41. The van der Waals surface area contributed by atoms with E-state index in [1.165, 1.54) is 25.1 Å². The summed E-state index contributed by atoms with van der Waals surface area (Å²) in [7, 11) is 0. The molecule has 3 rings (SSSR count). The number of pyridine rings is 1. The number of nitrogens with one attached hydrogen (secondary N) is 1. The second kappa shape index (κ2) is 5.63. The molecule has 3 nitrogen and oxygen atoms in total. The molecule has 19 heavy (non-hydrogen) atoms. The molecule has 104 valence electrons. The molecule has 0 saturated carbocycles. The maximum absolute atomic E-state index is 13.8. The predicted molar refractivity (Wildman–Crippen MR) is 75.2 cm³/mol. The van der Waals surface area contributed by atoms with Gasteiger partial charge in [-0.2, -0.15) is 0 Å². The van der Waals surface area contributed by atoms with Crippen molar-refractivity contribution in [3.8, 4) is 0 Å². The Morgan fingerprint density at radius 2 is 2.11 bits per heavy atom. The summed E-state index contributed by atoms with van der Waals surface area (Å²) in [4.78, 5) is 6.17. The van der Waals surface area contributed by atoms with Crippen LogP contribution >= 0.6 is 11.6 Å². The maximum Gasteiger partial charge on any atom is 0.167 e. The van der Waals surface area contributed by atoms with E-state index in [0.29, 0.717) is 16.9 Å². The van der Waals surface area contributed by atoms with Gasteiger partial charge in [0.25, 0.3) is 0 Å². The third kappa shape index (κ3) is 2.84. The van der Waals surface area contributed by atoms with Gasteiger partial charge in [0.05, 0.1) is 5.02 Å². The van der Waals surface area contributed by atoms with E-state index in [9.17, 15) is 4.39 Å². The van der Waals surface area contributed by atoms with Gasteiger partial charge in [0.15, 0.2) is 11.6 Å². The first-order valence-corrected chi connectivity index (χ1v) is 7.41. The topological polar surface area (TPSA) is 28.2 Å². The molecule has 0 bridgehead atoms. The Balaban J connectivity index is 1.63. The summed E-state index contributed by atoms with van der Waals surface area (Å²) >= 11 is 5.74. The molecule has 3 heterocycles. The highest BCUT2D eigenvalue weighted by Gasteiger charge is 2.29. The molecule has 1 unspecified atom stereocenters. The number of nitrogens with zero attached hydrogens (tertiary/aromatic N) is 2. The molecule has 2 saturated heterocycles. The van der Waals surface area contributed by atoms with Crippen LogP contribution < -0.4 is 10.2 Å². The van der Waals surface area contributed by atoms with Crippen LogP contribution in [0.25, 0.3) is 0 Å². The molecule has 1 atom stereocenters. The molecule has 0 aromatic carbocycles. The smallest absolute Gasteiger partial charge is 0.167 e. The summed E-state index contributed by atoms with van der Waals surface area (Å²) in [6, 6.07) is 2.01. The molecular formula is C14H19ClFN3. The Hall–Kier alpha value is -0.870. The first-order chi connectivity index (χ1) is 9.24. The first-order valence-electron chi connectivity index (χ1n) is 7.03. The Morgan fingerprint density at radius 1 is 1.32 bits per heavy atom. The zero-order valence-electron chi connectivity index (χ0n) is 10.9. The van der Waals surface area contributed by atoms with Crippen molar-refractivity contribution in [1.29, 1.82) is 0 Å². The van der Waals surface area contributed by atoms with Gasteiger partial charge >= 0.3 is 0 Å². The van der Waals surface area contributed by atoms with Crippen LogP contribution in [0.5, 0.6) is 0 Å². The first kappa shape index (κ1) is 13.1. The van der Waals surface area contributed by atoms with Crippen LogP contribution in [0.2, 0.25) is 5.02 Å². The molecule has 2 aliphatic heterocycles. The second-order valence-corrected chi connectivity index (χ2v) is 5.92. The summed E-state index contributed by atoms with van der Waals surface area (Å²) < 4.78 is 13.8. The second-order valence-electron chi connectivity index (χ2n) is 5.49. The third-order valence-electron chi connectivity index (χ3n) is 4.30. The molecule has 0 spiro atoms. The quantitative estimate of drug-likeness (QED) is 0.905. The molecule has 1 aromatic heterocycles. The van der Waals surface area contributed by atoms with Gasteiger partial charge in [-0.3, -0.25) is 0 Å². The van der Waals surface area contributed by atoms with Gasteiger partial charge in [-0.1, -0.05) is 11.6 Å². The van der Waals surface area contributed by atoms with E-state index in [1.54, 1.807) is 0 Å². The average molecular weight is 284 g/mol. The Morgan fingerprint density at radius 3 is 2.74 bits per heavy atom. The molecule has 2 aliphatic rings. The summed E-state index contributed by atoms with van der Waals surface area (Å²) in [6.45, 7) is 2.92. The minimum absolute atomic E-state index is 0.315. The Kier molecular flexibility index (Phi) is 3.89. The van der Waals surface area contributed by atoms with Crippen molar-refractivity contribution < 1.29 is 4.39 Å². The number of hydrogen-bond acceptors (Lipinski definition) is 3. The van der Waals surface area contributed by atoms with Gasteiger partial charge in [0, 0.05) is 25.3 Å². The van der Waals surface area contributed by atoms with Crippen LogP contribution in [0.1, 0.15) is 25.7 Å². The van der Waals surface area contributed by atoms with Crippen LogP contribution in [-0.2, 0) is 0 Å². The summed E-state index contributed by atoms with van der Waals surface area (Å²) in [5, 5.41) is 3.93. The maximum atomic E-state index is 13.8. The van der Waals surface area contributed by atoms with Crippen molar-refractivity contribution in [2.45, 2.75) is 31.7 Å². The van der Waals surface area contributed by atoms with Crippen molar-refractivity contribution >= 4 is 17.4 Å². The van der Waals surface area contributed by atoms with Crippen LogP contribution in [0.4, 0.5) is 10.2 Å². The van der Waals surface area contributed by atoms with Gasteiger partial charge in [0.2, 0.25) is 0 Å². The zero-order valence-corrected chi connectivity index (χ0v) is 11.7. The van der Waals surface area contributed by atoms with Gasteiger partial charge in [-0.05, 0) is 44.2 Å². The lowest BCUT2D eigenvalue weighted by Gasteiger charge is -2.35. The Bertz CT molecular complexity index is 440. The van der Waals surface area contributed by atoms with E-state index in [1.807, 2.05) is 4.90 Å². The molecule has 1 N–H and O–H groups in total. The minimum Gasteiger partial charge on any atom is -0.354 e. The van der Waals surface area contributed by atoms with E-state index in [2.05, 4.69) is 10.3 Å². The SMILES string of the molecule is Fc1cc(Cl)cnc1N1CCC(C2CCCN2)CC1. The summed E-state index contributed by atoms with van der Waals surface area (Å²) in [5.74, 6) is 0.862. The van der Waals surface area contributed by atoms with Crippen molar-refractivity contribution in [2.24, 2.45) is 5.92 Å². The lowest BCUT2D eigenvalue weighted by molar-refractivity contribution is 0.317. The number of piperidine rings is 1. The minimum atomic E-state index is -0.315. The molecular weight excluding hydrogens is 265 g/mol. The fraction of sp³-hybridized carbons (Fsp3) is 0.643. The van der Waals surface area contributed by atoms with Gasteiger partial charge in [-0.15, -0.1) is 0 Å². The highest BCUT2D eigenvalue weighted by molar-refractivity contribution is 6.30. The molecule has 0 radical (unpaired) electrons. The standard InChI is InChI=1S/C14H19ClFN3/c15-11-8-12(16)14(18-9-11)19-6-3-10(4-7-19)13-2-1-5-17-13/h8-10,13,17H,1-7H2. The van der Waals surface area contributed by atoms with E-state index in [0.717, 1.165) is 38.4 Å². The monoisotopic (exact) mass is 283 g/mol. The van der Waals surface area contributed by atoms with Gasteiger partial charge in [0.1, 0.15) is 0 Å². The predicted octanol–water partition coefficient (Wildman–Crippen LogP) is 2.84. The van der Waals surface area contributed by atoms with Crippen molar-refractivity contribution in [1.82, 2.24) is 10.3 Å². The van der Waals surface area contributed by atoms with E-state index in [-0.39, 0.29) is 5.82 Å². The summed E-state index contributed by atoms with van der Waals surface area (Å²) in [6.07, 6.45) is 6.32. The molecule has 1 aromatic rings. The highest BCUT2D eigenvalue weighted by atomic mass is 35.5. The molecule has 0 aliphatic carbocycles. The molecule has 5 heteroatoms. The number of rotatable bonds is 2. The van der Waals surface area contributed by atoms with E-state index in [4.69, 9.17) is 11.6 Å². The van der Waals surface area contributed by atoms with E-state index < -0.39 is 0 Å². The lowest BCUT2D eigenvalue weighted by atomic mass is 9.88. The number of anilines is 1. The zero-order chi connectivity index (χ0) is 13.2. The third-order valence-corrected chi connectivity index (χ3v) is 4.50. The van der Waals surface area contributed by atoms with Crippen molar-refractivity contribution in [3.05, 3.63) is 23.1 Å². The van der Waals surface area contributed by atoms with Crippen molar-refractivity contribution in [3.63, 3.8) is 0 Å². The van der Waals surface area contributed by atoms with Crippen LogP contribution in [0, 0.1) is 11.7 Å². The fourth-order valence-corrected chi connectivity index (χ4v) is 3.41. The average Bonchev–Trinajstić information content (AvgIpc) is 2.93. The number of aromatic nitrogens is 1. The van der Waals surface area contributed by atoms with Crippen LogP contribution in [0.3, 0.4) is 0 Å². The normalized spacial score (nSPS) is 24.9. The number of halogens is 2. The summed E-state index contributed by atoms with van der Waals surface area (Å²) in [5.41, 5.74) is 0. The van der Waals surface area contributed by atoms with Gasteiger partial charge in [-0.25, -0.2) is 9.37 Å². The van der Waals surface area contributed by atoms with Crippen LogP contribution in [0.15, 0.2) is 12.3 Å². The number of hydrogen-bond donors (Lipinski definition) is 1. The largest absolute Gasteiger partial charge is 0.354 e. The van der Waals surface area contributed by atoms with E-state index >= 15 is 0 Å². The highest BCUT2D eigenvalue weighted by Crippen LogP contribution is 2.29. The van der Waals surface area contributed by atoms with Crippen LogP contribution in [-0.4, -0.2) is 30.7 Å². The molecule has 2 fully saturated rings. The van der Waals surface area contributed by atoms with Crippen molar-refractivity contribution in [2.75, 3.05) is 24.5 Å². The Labute approximate surface area is 118 Å².